The Labute approximate surface area is 216 Å². The average Bonchev–Trinajstić information content (AvgIpc) is 3.47. The monoisotopic (exact) mass is 518 g/mol. The molecule has 5 rings (SSSR count). The van der Waals surface area contributed by atoms with Gasteiger partial charge in [-0.2, -0.15) is 0 Å². The van der Waals surface area contributed by atoms with Crippen LogP contribution in [-0.4, -0.2) is 68.9 Å². The van der Waals surface area contributed by atoms with E-state index in [2.05, 4.69) is 21.7 Å². The van der Waals surface area contributed by atoms with Crippen molar-refractivity contribution in [1.82, 2.24) is 19.8 Å². The molecule has 192 valence electrons. The van der Waals surface area contributed by atoms with Crippen molar-refractivity contribution in [1.29, 1.82) is 0 Å². The molecule has 0 radical (unpaired) electrons. The SMILES string of the molecule is CN(C)CCNC(=O)Nc1ccc(-c2ccc3ncn(-c4ccc5c(c4)N(S(C)(=O)=O)CC5)c3c2)cc1. The third kappa shape index (κ3) is 5.30. The van der Waals surface area contributed by atoms with Gasteiger partial charge in [-0.15, -0.1) is 0 Å². The summed E-state index contributed by atoms with van der Waals surface area (Å²) in [5.74, 6) is 0. The Kier molecular flexibility index (Phi) is 6.61. The molecule has 37 heavy (non-hydrogen) atoms. The van der Waals surface area contributed by atoms with E-state index >= 15 is 0 Å². The first-order valence-electron chi connectivity index (χ1n) is 12.1. The molecule has 0 unspecified atom stereocenters. The molecule has 0 bridgehead atoms. The number of carbonyl (C=O) groups is 1. The minimum Gasteiger partial charge on any atom is -0.337 e. The van der Waals surface area contributed by atoms with Crippen molar-refractivity contribution in [3.05, 3.63) is 72.6 Å². The lowest BCUT2D eigenvalue weighted by Crippen LogP contribution is -2.34. The van der Waals surface area contributed by atoms with Crippen molar-refractivity contribution in [3.63, 3.8) is 0 Å². The Bertz CT molecular complexity index is 1560. The molecule has 0 saturated carbocycles. The molecule has 0 spiro atoms. The number of anilines is 2. The summed E-state index contributed by atoms with van der Waals surface area (Å²) in [5.41, 5.74) is 7.10. The summed E-state index contributed by atoms with van der Waals surface area (Å²) in [6.07, 6.45) is 3.71. The lowest BCUT2D eigenvalue weighted by molar-refractivity contribution is 0.250. The zero-order valence-electron chi connectivity index (χ0n) is 21.1. The highest BCUT2D eigenvalue weighted by Crippen LogP contribution is 2.33. The number of hydrogen-bond acceptors (Lipinski definition) is 5. The Balaban J connectivity index is 1.38. The Morgan fingerprint density at radius 1 is 1.03 bits per heavy atom. The first kappa shape index (κ1) is 24.8. The molecule has 0 aliphatic carbocycles. The number of nitrogens with zero attached hydrogens (tertiary/aromatic N) is 4. The fourth-order valence-electron chi connectivity index (χ4n) is 4.54. The van der Waals surface area contributed by atoms with Gasteiger partial charge < -0.3 is 15.5 Å². The normalized spacial score (nSPS) is 13.2. The van der Waals surface area contributed by atoms with Crippen LogP contribution in [0.15, 0.2) is 67.0 Å². The summed E-state index contributed by atoms with van der Waals surface area (Å²) in [7, 11) is 0.588. The second-order valence-corrected chi connectivity index (χ2v) is 11.4. The minimum atomic E-state index is -3.33. The number of urea groups is 1. The average molecular weight is 519 g/mol. The van der Waals surface area contributed by atoms with Gasteiger partial charge >= 0.3 is 6.03 Å². The van der Waals surface area contributed by atoms with Gasteiger partial charge in [0.25, 0.3) is 0 Å². The summed E-state index contributed by atoms with van der Waals surface area (Å²) in [6, 6.07) is 19.4. The van der Waals surface area contributed by atoms with Gasteiger partial charge in [-0.05, 0) is 73.6 Å². The summed E-state index contributed by atoms with van der Waals surface area (Å²) in [6.45, 7) is 1.81. The zero-order chi connectivity index (χ0) is 26.2. The molecule has 0 atom stereocenters. The summed E-state index contributed by atoms with van der Waals surface area (Å²) in [4.78, 5) is 18.7. The molecular formula is C27H30N6O3S. The van der Waals surface area contributed by atoms with Gasteiger partial charge in [0.15, 0.2) is 0 Å². The summed E-state index contributed by atoms with van der Waals surface area (Å²) in [5, 5.41) is 5.69. The fourth-order valence-corrected chi connectivity index (χ4v) is 5.49. The number of amides is 2. The van der Waals surface area contributed by atoms with Crippen molar-refractivity contribution in [2.45, 2.75) is 6.42 Å². The van der Waals surface area contributed by atoms with Gasteiger partial charge in [0.05, 0.1) is 23.0 Å². The number of fused-ring (bicyclic) bond motifs is 2. The molecule has 0 saturated heterocycles. The van der Waals surface area contributed by atoms with Gasteiger partial charge in [0.1, 0.15) is 6.33 Å². The number of aromatic nitrogens is 2. The molecule has 10 heteroatoms. The van der Waals surface area contributed by atoms with E-state index in [4.69, 9.17) is 0 Å². The standard InChI is InChI=1S/C27H30N6O3S/c1-31(2)15-13-28-27(34)30-22-8-4-19(5-9-22)21-7-11-24-26(16-21)32(18-29-24)23-10-6-20-12-14-33(25(20)17-23)37(3,35)36/h4-11,16-18H,12-15H2,1-3H3,(H2,28,30,34). The number of carbonyl (C=O) groups excluding carboxylic acids is 1. The van der Waals surface area contributed by atoms with Crippen LogP contribution in [0.1, 0.15) is 5.56 Å². The number of rotatable bonds is 7. The van der Waals surface area contributed by atoms with Crippen molar-refractivity contribution in [2.75, 3.05) is 49.6 Å². The van der Waals surface area contributed by atoms with E-state index < -0.39 is 10.0 Å². The molecule has 3 aromatic carbocycles. The highest BCUT2D eigenvalue weighted by atomic mass is 32.2. The number of benzene rings is 3. The van der Waals surface area contributed by atoms with E-state index in [-0.39, 0.29) is 6.03 Å². The van der Waals surface area contributed by atoms with Gasteiger partial charge in [-0.1, -0.05) is 24.3 Å². The van der Waals surface area contributed by atoms with E-state index in [0.29, 0.717) is 25.2 Å². The molecule has 1 aliphatic heterocycles. The zero-order valence-corrected chi connectivity index (χ0v) is 21.9. The second-order valence-electron chi connectivity index (χ2n) is 9.48. The summed E-state index contributed by atoms with van der Waals surface area (Å²) >= 11 is 0. The predicted molar refractivity (Wildman–Crippen MR) is 148 cm³/mol. The molecule has 1 aromatic heterocycles. The molecule has 0 fully saturated rings. The van der Waals surface area contributed by atoms with Crippen LogP contribution in [0.4, 0.5) is 16.2 Å². The van der Waals surface area contributed by atoms with E-state index in [0.717, 1.165) is 45.6 Å². The van der Waals surface area contributed by atoms with Crippen LogP contribution >= 0.6 is 0 Å². The molecule has 2 heterocycles. The third-order valence-electron chi connectivity index (χ3n) is 6.47. The molecule has 1 aliphatic rings. The van der Waals surface area contributed by atoms with Crippen molar-refractivity contribution >= 4 is 38.5 Å². The van der Waals surface area contributed by atoms with E-state index in [1.54, 1.807) is 6.33 Å². The van der Waals surface area contributed by atoms with Crippen molar-refractivity contribution in [3.8, 4) is 16.8 Å². The first-order valence-corrected chi connectivity index (χ1v) is 13.9. The molecule has 2 amide bonds. The fraction of sp³-hybridized carbons (Fsp3) is 0.259. The molecule has 4 aromatic rings. The van der Waals surface area contributed by atoms with E-state index in [1.807, 2.05) is 78.2 Å². The Morgan fingerprint density at radius 2 is 1.78 bits per heavy atom. The maximum Gasteiger partial charge on any atom is 0.319 e. The first-order chi connectivity index (χ1) is 17.7. The number of hydrogen-bond donors (Lipinski definition) is 2. The molecular weight excluding hydrogens is 488 g/mol. The Hall–Kier alpha value is -3.89. The highest BCUT2D eigenvalue weighted by Gasteiger charge is 2.26. The van der Waals surface area contributed by atoms with Crippen LogP contribution < -0.4 is 14.9 Å². The minimum absolute atomic E-state index is 0.233. The third-order valence-corrected chi connectivity index (χ3v) is 7.65. The number of sulfonamides is 1. The van der Waals surface area contributed by atoms with Crippen LogP contribution in [0.2, 0.25) is 0 Å². The quantitative estimate of drug-likeness (QED) is 0.389. The second kappa shape index (κ2) is 9.87. The van der Waals surface area contributed by atoms with Gasteiger partial charge in [-0.25, -0.2) is 18.2 Å². The molecule has 9 nitrogen and oxygen atoms in total. The van der Waals surface area contributed by atoms with Crippen LogP contribution in [-0.2, 0) is 16.4 Å². The highest BCUT2D eigenvalue weighted by molar-refractivity contribution is 7.92. The van der Waals surface area contributed by atoms with Crippen molar-refractivity contribution < 1.29 is 13.2 Å². The maximum absolute atomic E-state index is 12.2. The lowest BCUT2D eigenvalue weighted by Gasteiger charge is -2.17. The smallest absolute Gasteiger partial charge is 0.319 e. The number of likely N-dealkylation sites (N-methyl/N-ethyl adjacent to an activating group) is 1. The lowest BCUT2D eigenvalue weighted by atomic mass is 10.0. The van der Waals surface area contributed by atoms with Crippen LogP contribution in [0, 0.1) is 0 Å². The van der Waals surface area contributed by atoms with Gasteiger partial charge in [0, 0.05) is 31.0 Å². The number of imidazole rings is 1. The van der Waals surface area contributed by atoms with Gasteiger partial charge in [-0.3, -0.25) is 8.87 Å². The largest absolute Gasteiger partial charge is 0.337 e. The number of nitrogens with one attached hydrogen (secondary N) is 2. The van der Waals surface area contributed by atoms with Crippen LogP contribution in [0.25, 0.3) is 27.8 Å². The van der Waals surface area contributed by atoms with E-state index in [1.165, 1.54) is 10.6 Å². The summed E-state index contributed by atoms with van der Waals surface area (Å²) < 4.78 is 27.9. The molecule has 2 N–H and O–H groups in total. The topological polar surface area (TPSA) is 99.6 Å². The van der Waals surface area contributed by atoms with Gasteiger partial charge in [0.2, 0.25) is 10.0 Å². The predicted octanol–water partition coefficient (Wildman–Crippen LogP) is 3.70. The van der Waals surface area contributed by atoms with Crippen molar-refractivity contribution in [2.24, 2.45) is 0 Å². The van der Waals surface area contributed by atoms with E-state index in [9.17, 15) is 13.2 Å². The maximum atomic E-state index is 12.2. The van der Waals surface area contributed by atoms with Crippen LogP contribution in [0.3, 0.4) is 0 Å². The Morgan fingerprint density at radius 3 is 2.51 bits per heavy atom. The van der Waals surface area contributed by atoms with Crippen LogP contribution in [0.5, 0.6) is 0 Å².